The van der Waals surface area contributed by atoms with Gasteiger partial charge in [-0.2, -0.15) is 13.2 Å². The second-order valence-corrected chi connectivity index (χ2v) is 10.3. The van der Waals surface area contributed by atoms with Gasteiger partial charge >= 0.3 is 6.18 Å². The third-order valence-corrected chi connectivity index (χ3v) is 7.32. The van der Waals surface area contributed by atoms with Crippen molar-refractivity contribution in [2.45, 2.75) is 24.9 Å². The Morgan fingerprint density at radius 2 is 1.62 bits per heavy atom. The van der Waals surface area contributed by atoms with Crippen molar-refractivity contribution in [1.29, 1.82) is 0 Å². The SMILES string of the molecule is COc1ccc(NC(=O)c2cccnc2-c2cccc(C(F)(F)F)c2)cc1S(=O)(=O)Nc1c(C)cccc1C. The molecule has 4 aromatic rings. The second kappa shape index (κ2) is 10.8. The standard InChI is InChI=1S/C28H24F3N3O4S/c1-17-7-4-8-18(2)25(17)34-39(36,37)24-16-21(12-13-23(24)38-3)33-27(35)22-11-6-14-32-26(22)19-9-5-10-20(15-19)28(29,30)31/h4-16,34H,1-3H3,(H,33,35). The number of anilines is 2. The number of nitrogens with zero attached hydrogens (tertiary/aromatic N) is 1. The zero-order chi connectivity index (χ0) is 28.4. The highest BCUT2D eigenvalue weighted by atomic mass is 32.2. The predicted octanol–water partition coefficient (Wildman–Crippen LogP) is 6.45. The summed E-state index contributed by atoms with van der Waals surface area (Å²) in [6, 6.07) is 16.8. The van der Waals surface area contributed by atoms with Crippen LogP contribution in [0.1, 0.15) is 27.0 Å². The van der Waals surface area contributed by atoms with E-state index in [-0.39, 0.29) is 33.2 Å². The van der Waals surface area contributed by atoms with Gasteiger partial charge in [-0.15, -0.1) is 0 Å². The number of ether oxygens (including phenoxy) is 1. The van der Waals surface area contributed by atoms with E-state index in [1.165, 1.54) is 55.8 Å². The van der Waals surface area contributed by atoms with E-state index in [1.807, 2.05) is 6.07 Å². The number of carbonyl (C=O) groups is 1. The van der Waals surface area contributed by atoms with E-state index < -0.39 is 27.7 Å². The molecule has 0 fully saturated rings. The number of aryl methyl sites for hydroxylation is 2. The fraction of sp³-hybridized carbons (Fsp3) is 0.143. The average Bonchev–Trinajstić information content (AvgIpc) is 2.90. The zero-order valence-corrected chi connectivity index (χ0v) is 21.9. The molecule has 0 aliphatic rings. The number of benzene rings is 3. The summed E-state index contributed by atoms with van der Waals surface area (Å²) in [4.78, 5) is 17.1. The number of hydrogen-bond donors (Lipinski definition) is 2. The Hall–Kier alpha value is -4.38. The molecule has 4 rings (SSSR count). The number of amides is 1. The minimum absolute atomic E-state index is 0.00529. The van der Waals surface area contributed by atoms with Crippen molar-refractivity contribution in [3.63, 3.8) is 0 Å². The van der Waals surface area contributed by atoms with Gasteiger partial charge in [-0.3, -0.25) is 14.5 Å². The van der Waals surface area contributed by atoms with Gasteiger partial charge in [0.05, 0.1) is 29.6 Å². The number of aromatic nitrogens is 1. The Bertz CT molecular complexity index is 1630. The van der Waals surface area contributed by atoms with Crippen molar-refractivity contribution in [2.75, 3.05) is 17.1 Å². The quantitative estimate of drug-likeness (QED) is 0.273. The maximum Gasteiger partial charge on any atom is 0.416 e. The molecule has 2 N–H and O–H groups in total. The summed E-state index contributed by atoms with van der Waals surface area (Å²) < 4.78 is 74.3. The van der Waals surface area contributed by atoms with E-state index in [0.717, 1.165) is 23.3 Å². The van der Waals surface area contributed by atoms with Crippen molar-refractivity contribution in [1.82, 2.24) is 4.98 Å². The number of methoxy groups -OCH3 is 1. The number of para-hydroxylation sites is 1. The van der Waals surface area contributed by atoms with E-state index in [0.29, 0.717) is 5.69 Å². The van der Waals surface area contributed by atoms with Crippen molar-refractivity contribution in [3.8, 4) is 17.0 Å². The molecule has 0 saturated heterocycles. The van der Waals surface area contributed by atoms with Gasteiger partial charge in [0.15, 0.2) is 0 Å². The average molecular weight is 556 g/mol. The molecule has 1 heterocycles. The van der Waals surface area contributed by atoms with Crippen LogP contribution in [-0.4, -0.2) is 26.4 Å². The highest BCUT2D eigenvalue weighted by Gasteiger charge is 2.31. The summed E-state index contributed by atoms with van der Waals surface area (Å²) in [6.07, 6.45) is -3.20. The molecular weight excluding hydrogens is 531 g/mol. The molecular formula is C28H24F3N3O4S. The first kappa shape index (κ1) is 27.6. The third-order valence-electron chi connectivity index (χ3n) is 5.94. The Labute approximate surface area is 223 Å². The number of hydrogen-bond acceptors (Lipinski definition) is 5. The summed E-state index contributed by atoms with van der Waals surface area (Å²) in [7, 11) is -2.82. The van der Waals surface area contributed by atoms with Crippen molar-refractivity contribution < 1.29 is 31.1 Å². The number of halogens is 3. The molecule has 11 heteroatoms. The van der Waals surface area contributed by atoms with Crippen LogP contribution in [0.2, 0.25) is 0 Å². The minimum atomic E-state index is -4.57. The summed E-state index contributed by atoms with van der Waals surface area (Å²) in [5.74, 6) is -0.635. The Balaban J connectivity index is 1.68. The molecule has 1 aromatic heterocycles. The van der Waals surface area contributed by atoms with Gasteiger partial charge in [-0.25, -0.2) is 8.42 Å². The summed E-state index contributed by atoms with van der Waals surface area (Å²) in [5.41, 5.74) is 1.27. The summed E-state index contributed by atoms with van der Waals surface area (Å²) >= 11 is 0. The normalized spacial score (nSPS) is 11.6. The summed E-state index contributed by atoms with van der Waals surface area (Å²) in [5, 5.41) is 2.61. The lowest BCUT2D eigenvalue weighted by atomic mass is 10.0. The maximum atomic E-state index is 13.3. The highest BCUT2D eigenvalue weighted by molar-refractivity contribution is 7.92. The van der Waals surface area contributed by atoms with E-state index in [4.69, 9.17) is 4.74 Å². The molecule has 0 aliphatic heterocycles. The lowest BCUT2D eigenvalue weighted by Gasteiger charge is -2.16. The predicted molar refractivity (Wildman–Crippen MR) is 142 cm³/mol. The van der Waals surface area contributed by atoms with E-state index in [1.54, 1.807) is 26.0 Å². The third kappa shape index (κ3) is 6.04. The van der Waals surface area contributed by atoms with Crippen LogP contribution in [0, 0.1) is 13.8 Å². The molecule has 0 aliphatic carbocycles. The van der Waals surface area contributed by atoms with Crippen LogP contribution in [0.15, 0.2) is 83.9 Å². The van der Waals surface area contributed by atoms with Gasteiger partial charge in [0, 0.05) is 17.4 Å². The van der Waals surface area contributed by atoms with Gasteiger partial charge in [0.25, 0.3) is 15.9 Å². The topological polar surface area (TPSA) is 97.4 Å². The highest BCUT2D eigenvalue weighted by Crippen LogP contribution is 2.34. The monoisotopic (exact) mass is 555 g/mol. The fourth-order valence-electron chi connectivity index (χ4n) is 3.99. The van der Waals surface area contributed by atoms with Gasteiger partial charge in [0.1, 0.15) is 10.6 Å². The molecule has 1 amide bonds. The lowest BCUT2D eigenvalue weighted by molar-refractivity contribution is -0.137. The molecule has 0 spiro atoms. The molecule has 0 unspecified atom stereocenters. The first-order valence-electron chi connectivity index (χ1n) is 11.6. The van der Waals surface area contributed by atoms with Crippen LogP contribution >= 0.6 is 0 Å². The Kier molecular flexibility index (Phi) is 7.64. The fourth-order valence-corrected chi connectivity index (χ4v) is 5.39. The molecule has 0 radical (unpaired) electrons. The maximum absolute atomic E-state index is 13.3. The van der Waals surface area contributed by atoms with Crippen LogP contribution in [0.3, 0.4) is 0 Å². The number of alkyl halides is 3. The molecule has 39 heavy (non-hydrogen) atoms. The first-order valence-corrected chi connectivity index (χ1v) is 13.1. The lowest BCUT2D eigenvalue weighted by Crippen LogP contribution is -2.17. The minimum Gasteiger partial charge on any atom is -0.495 e. The van der Waals surface area contributed by atoms with Crippen LogP contribution in [0.4, 0.5) is 24.5 Å². The van der Waals surface area contributed by atoms with Crippen LogP contribution < -0.4 is 14.8 Å². The van der Waals surface area contributed by atoms with E-state index in [9.17, 15) is 26.4 Å². The molecule has 3 aromatic carbocycles. The molecule has 202 valence electrons. The molecule has 0 saturated carbocycles. The van der Waals surface area contributed by atoms with Crippen LogP contribution in [0.25, 0.3) is 11.3 Å². The smallest absolute Gasteiger partial charge is 0.416 e. The zero-order valence-electron chi connectivity index (χ0n) is 21.1. The van der Waals surface area contributed by atoms with Gasteiger partial charge in [0.2, 0.25) is 0 Å². The Morgan fingerprint density at radius 3 is 2.28 bits per heavy atom. The van der Waals surface area contributed by atoms with Gasteiger partial charge < -0.3 is 10.1 Å². The van der Waals surface area contributed by atoms with Crippen molar-refractivity contribution in [3.05, 3.63) is 101 Å². The van der Waals surface area contributed by atoms with Gasteiger partial charge in [-0.05, 0) is 67.4 Å². The number of carbonyl (C=O) groups excluding carboxylic acids is 1. The van der Waals surface area contributed by atoms with Crippen molar-refractivity contribution >= 4 is 27.3 Å². The van der Waals surface area contributed by atoms with Crippen LogP contribution in [-0.2, 0) is 16.2 Å². The van der Waals surface area contributed by atoms with Crippen molar-refractivity contribution in [2.24, 2.45) is 0 Å². The van der Waals surface area contributed by atoms with Gasteiger partial charge in [-0.1, -0.05) is 30.3 Å². The number of nitrogens with one attached hydrogen (secondary N) is 2. The Morgan fingerprint density at radius 1 is 0.923 bits per heavy atom. The van der Waals surface area contributed by atoms with Crippen LogP contribution in [0.5, 0.6) is 5.75 Å². The second-order valence-electron chi connectivity index (χ2n) is 8.67. The molecule has 0 atom stereocenters. The number of rotatable bonds is 7. The number of pyridine rings is 1. The number of sulfonamides is 1. The van der Waals surface area contributed by atoms with E-state index >= 15 is 0 Å². The molecule has 0 bridgehead atoms. The van der Waals surface area contributed by atoms with E-state index in [2.05, 4.69) is 15.0 Å². The largest absolute Gasteiger partial charge is 0.495 e. The first-order chi connectivity index (χ1) is 18.4. The summed E-state index contributed by atoms with van der Waals surface area (Å²) in [6.45, 7) is 3.54. The molecule has 7 nitrogen and oxygen atoms in total.